The predicted octanol–water partition coefficient (Wildman–Crippen LogP) is 2.22. The third-order valence-corrected chi connectivity index (χ3v) is 5.94. The van der Waals surface area contributed by atoms with E-state index in [9.17, 15) is 0 Å². The first-order valence-corrected chi connectivity index (χ1v) is 10.9. The van der Waals surface area contributed by atoms with Crippen molar-refractivity contribution in [1.82, 2.24) is 30.3 Å². The Balaban J connectivity index is 0.00000300. The first-order chi connectivity index (χ1) is 13.6. The molecule has 2 N–H and O–H groups in total. The highest BCUT2D eigenvalue weighted by Gasteiger charge is 2.18. The molecule has 0 aliphatic carbocycles. The number of hydrogen-bond acceptors (Lipinski definition) is 5. The largest absolute Gasteiger partial charge is 0.376 e. The number of guanidine groups is 1. The van der Waals surface area contributed by atoms with Gasteiger partial charge in [0.2, 0.25) is 0 Å². The molecule has 1 aromatic rings. The van der Waals surface area contributed by atoms with Crippen LogP contribution < -0.4 is 10.6 Å². The van der Waals surface area contributed by atoms with Crippen molar-refractivity contribution in [3.8, 4) is 0 Å². The molecule has 2 atom stereocenters. The summed E-state index contributed by atoms with van der Waals surface area (Å²) in [5, 5.41) is 15.3. The number of halogens is 1. The highest BCUT2D eigenvalue weighted by molar-refractivity contribution is 14.0. The van der Waals surface area contributed by atoms with Crippen LogP contribution in [0.4, 0.5) is 0 Å². The van der Waals surface area contributed by atoms with Gasteiger partial charge in [-0.2, -0.15) is 0 Å². The number of nitrogens with one attached hydrogen (secondary N) is 2. The molecule has 2 saturated heterocycles. The van der Waals surface area contributed by atoms with Crippen LogP contribution in [0.2, 0.25) is 0 Å². The molecule has 166 valence electrons. The molecular formula is C20H38IN7O. The van der Waals surface area contributed by atoms with Crippen molar-refractivity contribution in [2.75, 3.05) is 32.8 Å². The first kappa shape index (κ1) is 24.3. The van der Waals surface area contributed by atoms with Crippen LogP contribution in [0.25, 0.3) is 0 Å². The lowest BCUT2D eigenvalue weighted by molar-refractivity contribution is 0.113. The van der Waals surface area contributed by atoms with Gasteiger partial charge in [-0.25, -0.2) is 4.99 Å². The van der Waals surface area contributed by atoms with Crippen molar-refractivity contribution in [3.63, 3.8) is 0 Å². The third-order valence-electron chi connectivity index (χ3n) is 5.94. The van der Waals surface area contributed by atoms with Gasteiger partial charge in [-0.15, -0.1) is 34.2 Å². The Hall–Kier alpha value is -0.940. The van der Waals surface area contributed by atoms with E-state index < -0.39 is 0 Å². The second kappa shape index (κ2) is 12.7. The van der Waals surface area contributed by atoms with E-state index in [4.69, 9.17) is 9.73 Å². The number of likely N-dealkylation sites (tertiary alicyclic amines) is 1. The van der Waals surface area contributed by atoms with E-state index in [1.807, 2.05) is 18.5 Å². The Bertz CT molecular complexity index is 630. The molecular weight excluding hydrogens is 481 g/mol. The van der Waals surface area contributed by atoms with Gasteiger partial charge in [0.1, 0.15) is 12.4 Å². The van der Waals surface area contributed by atoms with Gasteiger partial charge < -0.3 is 24.8 Å². The summed E-state index contributed by atoms with van der Waals surface area (Å²) in [6, 6.07) is 0.721. The molecule has 3 heterocycles. The number of piperidine rings is 1. The van der Waals surface area contributed by atoms with Crippen LogP contribution in [0.3, 0.4) is 0 Å². The average Bonchev–Trinajstić information content (AvgIpc) is 3.33. The lowest BCUT2D eigenvalue weighted by atomic mass is 10.0. The summed E-state index contributed by atoms with van der Waals surface area (Å²) in [5.74, 6) is 2.61. The molecule has 3 rings (SSSR count). The maximum atomic E-state index is 5.73. The summed E-state index contributed by atoms with van der Waals surface area (Å²) >= 11 is 0. The smallest absolute Gasteiger partial charge is 0.191 e. The predicted molar refractivity (Wildman–Crippen MR) is 127 cm³/mol. The van der Waals surface area contributed by atoms with Crippen LogP contribution in [0.5, 0.6) is 0 Å². The zero-order valence-corrected chi connectivity index (χ0v) is 20.5. The number of rotatable bonds is 8. The Labute approximate surface area is 192 Å². The number of aryl methyl sites for hydroxylation is 1. The van der Waals surface area contributed by atoms with Gasteiger partial charge in [-0.1, -0.05) is 6.42 Å². The quantitative estimate of drug-likeness (QED) is 0.238. The van der Waals surface area contributed by atoms with Crippen LogP contribution >= 0.6 is 24.0 Å². The molecule has 0 saturated carbocycles. The van der Waals surface area contributed by atoms with Gasteiger partial charge in [0, 0.05) is 39.3 Å². The normalized spacial score (nSPS) is 23.1. The fourth-order valence-corrected chi connectivity index (χ4v) is 3.91. The zero-order chi connectivity index (χ0) is 19.8. The standard InChI is InChI=1S/C20H37N7O.HI/c1-16-8-4-5-11-27(16)12-7-10-21-20(22-14-18-9-6-13-28-18)23-15-19-25-24-17(2)26(19)3;/h16,18H,4-15H2,1-3H3,(H2,21,22,23);1H. The SMILES string of the molecule is Cc1nnc(CN=C(NCCCN2CCCCC2C)NCC2CCCO2)n1C.I. The van der Waals surface area contributed by atoms with Gasteiger partial charge in [-0.05, 0) is 52.5 Å². The number of nitrogens with zero attached hydrogens (tertiary/aromatic N) is 5. The number of hydrogen-bond donors (Lipinski definition) is 2. The van der Waals surface area contributed by atoms with Crippen molar-refractivity contribution < 1.29 is 4.74 Å². The van der Waals surface area contributed by atoms with Crippen LogP contribution in [0.1, 0.15) is 57.1 Å². The van der Waals surface area contributed by atoms with Crippen LogP contribution in [-0.2, 0) is 18.3 Å². The lowest BCUT2D eigenvalue weighted by Crippen LogP contribution is -2.43. The summed E-state index contributed by atoms with van der Waals surface area (Å²) in [5.41, 5.74) is 0. The van der Waals surface area contributed by atoms with E-state index >= 15 is 0 Å². The first-order valence-electron chi connectivity index (χ1n) is 10.9. The van der Waals surface area contributed by atoms with Crippen molar-refractivity contribution in [2.24, 2.45) is 12.0 Å². The Morgan fingerprint density at radius 2 is 2.07 bits per heavy atom. The van der Waals surface area contributed by atoms with Crippen molar-refractivity contribution >= 4 is 29.9 Å². The van der Waals surface area contributed by atoms with Gasteiger partial charge in [0.25, 0.3) is 0 Å². The molecule has 1 aromatic heterocycles. The second-order valence-electron chi connectivity index (χ2n) is 8.06. The van der Waals surface area contributed by atoms with Crippen molar-refractivity contribution in [3.05, 3.63) is 11.6 Å². The molecule has 9 heteroatoms. The third kappa shape index (κ3) is 7.67. The van der Waals surface area contributed by atoms with Gasteiger partial charge in [0.15, 0.2) is 11.8 Å². The molecule has 2 fully saturated rings. The maximum absolute atomic E-state index is 5.73. The minimum absolute atomic E-state index is 0. The number of ether oxygens (including phenoxy) is 1. The lowest BCUT2D eigenvalue weighted by Gasteiger charge is -2.33. The highest BCUT2D eigenvalue weighted by Crippen LogP contribution is 2.16. The van der Waals surface area contributed by atoms with E-state index in [1.54, 1.807) is 0 Å². The fourth-order valence-electron chi connectivity index (χ4n) is 3.91. The summed E-state index contributed by atoms with van der Waals surface area (Å²) < 4.78 is 7.71. The molecule has 2 aliphatic heterocycles. The summed E-state index contributed by atoms with van der Waals surface area (Å²) in [6.45, 7) is 9.80. The second-order valence-corrected chi connectivity index (χ2v) is 8.06. The number of aliphatic imine (C=N–C) groups is 1. The number of aromatic nitrogens is 3. The van der Waals surface area contributed by atoms with E-state index in [0.29, 0.717) is 12.6 Å². The van der Waals surface area contributed by atoms with E-state index in [1.165, 1.54) is 25.8 Å². The van der Waals surface area contributed by atoms with E-state index in [0.717, 1.165) is 69.2 Å². The minimum atomic E-state index is 0. The van der Waals surface area contributed by atoms with Crippen molar-refractivity contribution in [2.45, 2.75) is 71.1 Å². The molecule has 0 amide bonds. The minimum Gasteiger partial charge on any atom is -0.376 e. The van der Waals surface area contributed by atoms with Crippen LogP contribution in [-0.4, -0.2) is 70.6 Å². The summed E-state index contributed by atoms with van der Waals surface area (Å²) in [7, 11) is 1.98. The molecule has 0 aromatic carbocycles. The summed E-state index contributed by atoms with van der Waals surface area (Å²) in [6.07, 6.45) is 7.73. The maximum Gasteiger partial charge on any atom is 0.191 e. The van der Waals surface area contributed by atoms with Crippen molar-refractivity contribution in [1.29, 1.82) is 0 Å². The average molecular weight is 519 g/mol. The van der Waals surface area contributed by atoms with E-state index in [2.05, 4.69) is 32.7 Å². The van der Waals surface area contributed by atoms with Crippen LogP contribution in [0, 0.1) is 6.92 Å². The molecule has 0 spiro atoms. The molecule has 2 unspecified atom stereocenters. The zero-order valence-electron chi connectivity index (χ0n) is 18.2. The molecule has 8 nitrogen and oxygen atoms in total. The Morgan fingerprint density at radius 1 is 1.21 bits per heavy atom. The Kier molecular flexibility index (Phi) is 10.6. The Morgan fingerprint density at radius 3 is 2.76 bits per heavy atom. The fraction of sp³-hybridized carbons (Fsp3) is 0.850. The monoisotopic (exact) mass is 519 g/mol. The highest BCUT2D eigenvalue weighted by atomic mass is 127. The summed E-state index contributed by atoms with van der Waals surface area (Å²) in [4.78, 5) is 7.35. The molecule has 0 radical (unpaired) electrons. The molecule has 0 bridgehead atoms. The van der Waals surface area contributed by atoms with Gasteiger partial charge in [-0.3, -0.25) is 0 Å². The molecule has 29 heavy (non-hydrogen) atoms. The van der Waals surface area contributed by atoms with Crippen LogP contribution in [0.15, 0.2) is 4.99 Å². The van der Waals surface area contributed by atoms with Gasteiger partial charge >= 0.3 is 0 Å². The molecule has 2 aliphatic rings. The van der Waals surface area contributed by atoms with E-state index in [-0.39, 0.29) is 24.0 Å². The van der Waals surface area contributed by atoms with Gasteiger partial charge in [0.05, 0.1) is 6.10 Å². The topological polar surface area (TPSA) is 79.6 Å².